The fourth-order valence-electron chi connectivity index (χ4n) is 1.43. The molecule has 0 bridgehead atoms. The summed E-state index contributed by atoms with van der Waals surface area (Å²) in [5, 5.41) is 19.1. The monoisotopic (exact) mass is 216 g/mol. The predicted molar refractivity (Wildman–Crippen MR) is 51.0 cm³/mol. The lowest BCUT2D eigenvalue weighted by Gasteiger charge is -2.10. The van der Waals surface area contributed by atoms with Crippen molar-refractivity contribution in [1.82, 2.24) is 0 Å². The van der Waals surface area contributed by atoms with Crippen molar-refractivity contribution in [3.05, 3.63) is 28.5 Å². The third-order valence-corrected chi connectivity index (χ3v) is 2.74. The number of aliphatic hydroxyl groups is 1. The number of phenolic OH excluding ortho intramolecular Hbond substituents is 1. The summed E-state index contributed by atoms with van der Waals surface area (Å²) < 4.78 is 12.9. The Morgan fingerprint density at radius 1 is 1.43 bits per heavy atom. The molecule has 2 N–H and O–H groups in total. The number of hydrogen-bond acceptors (Lipinski definition) is 2. The van der Waals surface area contributed by atoms with Gasteiger partial charge in [-0.25, -0.2) is 4.39 Å². The Morgan fingerprint density at radius 3 is 2.64 bits per heavy atom. The molecule has 0 radical (unpaired) electrons. The molecule has 0 heterocycles. The van der Waals surface area contributed by atoms with E-state index in [1.54, 1.807) is 0 Å². The summed E-state index contributed by atoms with van der Waals surface area (Å²) in [6.07, 6.45) is 1.65. The van der Waals surface area contributed by atoms with Crippen molar-refractivity contribution in [2.75, 3.05) is 0 Å². The summed E-state index contributed by atoms with van der Waals surface area (Å²) in [4.78, 5) is 0. The average Bonchev–Trinajstić information content (AvgIpc) is 2.79. The van der Waals surface area contributed by atoms with Crippen molar-refractivity contribution in [2.45, 2.75) is 24.9 Å². The maximum Gasteiger partial charge on any atom is 0.137 e. The van der Waals surface area contributed by atoms with Crippen LogP contribution in [0.5, 0.6) is 5.75 Å². The predicted octanol–water partition coefficient (Wildman–Crippen LogP) is 2.25. The number of rotatable bonds is 2. The van der Waals surface area contributed by atoms with Gasteiger partial charge in [0.15, 0.2) is 0 Å². The van der Waals surface area contributed by atoms with Gasteiger partial charge < -0.3 is 10.2 Å². The molecule has 1 aliphatic carbocycles. The Morgan fingerprint density at radius 2 is 2.07 bits per heavy atom. The highest BCUT2D eigenvalue weighted by Crippen LogP contribution is 2.41. The van der Waals surface area contributed by atoms with Gasteiger partial charge in [0.05, 0.1) is 10.6 Å². The molecule has 0 unspecified atom stereocenters. The van der Waals surface area contributed by atoms with Gasteiger partial charge in [-0.3, -0.25) is 0 Å². The van der Waals surface area contributed by atoms with Crippen molar-refractivity contribution in [1.29, 1.82) is 0 Å². The van der Waals surface area contributed by atoms with E-state index in [2.05, 4.69) is 0 Å². The van der Waals surface area contributed by atoms with E-state index in [9.17, 15) is 14.6 Å². The maximum absolute atomic E-state index is 12.9. The minimum absolute atomic E-state index is 0.00995. The van der Waals surface area contributed by atoms with E-state index in [4.69, 9.17) is 11.6 Å². The molecule has 0 saturated heterocycles. The molecule has 0 atom stereocenters. The zero-order valence-electron chi connectivity index (χ0n) is 7.43. The molecule has 0 spiro atoms. The highest BCUT2D eigenvalue weighted by molar-refractivity contribution is 6.32. The molecule has 1 aromatic carbocycles. The van der Waals surface area contributed by atoms with Gasteiger partial charge in [-0.1, -0.05) is 11.6 Å². The fourth-order valence-corrected chi connectivity index (χ4v) is 1.66. The van der Waals surface area contributed by atoms with Crippen LogP contribution in [0.2, 0.25) is 5.02 Å². The Balaban J connectivity index is 2.32. The molecule has 2 nitrogen and oxygen atoms in total. The van der Waals surface area contributed by atoms with Gasteiger partial charge >= 0.3 is 0 Å². The molecule has 1 saturated carbocycles. The number of aromatic hydroxyl groups is 1. The Kier molecular flexibility index (Phi) is 2.16. The lowest BCUT2D eigenvalue weighted by molar-refractivity contribution is 0.150. The number of halogens is 2. The first-order chi connectivity index (χ1) is 6.50. The Labute approximate surface area is 85.9 Å². The van der Waals surface area contributed by atoms with E-state index in [0.29, 0.717) is 18.4 Å². The van der Waals surface area contributed by atoms with E-state index in [1.165, 1.54) is 6.07 Å². The van der Waals surface area contributed by atoms with Crippen LogP contribution in [0.15, 0.2) is 12.1 Å². The van der Waals surface area contributed by atoms with Gasteiger partial charge in [-0.15, -0.1) is 0 Å². The van der Waals surface area contributed by atoms with Gasteiger partial charge in [0.2, 0.25) is 0 Å². The van der Waals surface area contributed by atoms with E-state index in [1.807, 2.05) is 0 Å². The van der Waals surface area contributed by atoms with Crippen molar-refractivity contribution in [2.24, 2.45) is 0 Å². The number of benzene rings is 1. The summed E-state index contributed by atoms with van der Waals surface area (Å²) in [6.45, 7) is 0. The maximum atomic E-state index is 12.9. The number of hydrogen-bond donors (Lipinski definition) is 2. The molecular formula is C10H10ClFO2. The summed E-state index contributed by atoms with van der Waals surface area (Å²) in [5.41, 5.74) is -0.385. The SMILES string of the molecule is Oc1c(Cl)cc(F)cc1CC1(O)CC1. The van der Waals surface area contributed by atoms with Crippen LogP contribution < -0.4 is 0 Å². The van der Waals surface area contributed by atoms with Gasteiger partial charge in [0.1, 0.15) is 11.6 Å². The first kappa shape index (κ1) is 9.74. The van der Waals surface area contributed by atoms with Crippen LogP contribution in [0.3, 0.4) is 0 Å². The molecule has 0 amide bonds. The van der Waals surface area contributed by atoms with Crippen LogP contribution in [0.1, 0.15) is 18.4 Å². The van der Waals surface area contributed by atoms with Crippen LogP contribution in [0.4, 0.5) is 4.39 Å². The van der Waals surface area contributed by atoms with Gasteiger partial charge in [-0.2, -0.15) is 0 Å². The number of phenols is 1. The van der Waals surface area contributed by atoms with Crippen LogP contribution in [0.25, 0.3) is 0 Å². The van der Waals surface area contributed by atoms with E-state index >= 15 is 0 Å². The largest absolute Gasteiger partial charge is 0.506 e. The van der Waals surface area contributed by atoms with Gasteiger partial charge in [-0.05, 0) is 25.0 Å². The van der Waals surface area contributed by atoms with Crippen LogP contribution in [-0.4, -0.2) is 15.8 Å². The highest BCUT2D eigenvalue weighted by Gasteiger charge is 2.40. The second-order valence-electron chi connectivity index (χ2n) is 3.80. The lowest BCUT2D eigenvalue weighted by atomic mass is 10.1. The zero-order valence-corrected chi connectivity index (χ0v) is 8.18. The molecular weight excluding hydrogens is 207 g/mol. The summed E-state index contributed by atoms with van der Waals surface area (Å²) in [6, 6.07) is 2.26. The van der Waals surface area contributed by atoms with Crippen molar-refractivity contribution < 1.29 is 14.6 Å². The van der Waals surface area contributed by atoms with Crippen molar-refractivity contribution >= 4 is 11.6 Å². The molecule has 2 rings (SSSR count). The Hall–Kier alpha value is -0.800. The zero-order chi connectivity index (χ0) is 10.3. The summed E-state index contributed by atoms with van der Waals surface area (Å²) >= 11 is 5.60. The fraction of sp³-hybridized carbons (Fsp3) is 0.400. The van der Waals surface area contributed by atoms with Gasteiger partial charge in [0, 0.05) is 12.0 Å². The third-order valence-electron chi connectivity index (χ3n) is 2.45. The molecule has 14 heavy (non-hydrogen) atoms. The average molecular weight is 217 g/mol. The van der Waals surface area contributed by atoms with Crippen molar-refractivity contribution in [3.63, 3.8) is 0 Å². The van der Waals surface area contributed by atoms with E-state index < -0.39 is 11.4 Å². The van der Waals surface area contributed by atoms with E-state index in [0.717, 1.165) is 6.07 Å². The highest BCUT2D eigenvalue weighted by atomic mass is 35.5. The topological polar surface area (TPSA) is 40.5 Å². The van der Waals surface area contributed by atoms with Crippen molar-refractivity contribution in [3.8, 4) is 5.75 Å². The summed E-state index contributed by atoms with van der Waals surface area (Å²) in [5.74, 6) is -0.625. The van der Waals surface area contributed by atoms with Crippen LogP contribution >= 0.6 is 11.6 Å². The second-order valence-corrected chi connectivity index (χ2v) is 4.20. The smallest absolute Gasteiger partial charge is 0.137 e. The van der Waals surface area contributed by atoms with Gasteiger partial charge in [0.25, 0.3) is 0 Å². The first-order valence-electron chi connectivity index (χ1n) is 4.39. The van der Waals surface area contributed by atoms with Crippen LogP contribution in [-0.2, 0) is 6.42 Å². The summed E-state index contributed by atoms with van der Waals surface area (Å²) in [7, 11) is 0. The lowest BCUT2D eigenvalue weighted by Crippen LogP contribution is -2.11. The molecule has 76 valence electrons. The molecule has 4 heteroatoms. The molecule has 1 aromatic rings. The minimum atomic E-state index is -0.755. The Bertz CT molecular complexity index is 375. The standard InChI is InChI=1S/C10H10ClFO2/c11-8-4-7(12)3-6(9(8)13)5-10(14)1-2-10/h3-4,13-14H,1-2,5H2. The molecule has 0 aromatic heterocycles. The van der Waals surface area contributed by atoms with Crippen LogP contribution in [0, 0.1) is 5.82 Å². The first-order valence-corrected chi connectivity index (χ1v) is 4.77. The third kappa shape index (κ3) is 1.83. The quantitative estimate of drug-likeness (QED) is 0.796. The molecule has 1 fully saturated rings. The molecule has 0 aliphatic heterocycles. The van der Waals surface area contributed by atoms with E-state index in [-0.39, 0.29) is 17.2 Å². The minimum Gasteiger partial charge on any atom is -0.506 e. The second kappa shape index (κ2) is 3.11. The molecule has 1 aliphatic rings. The normalized spacial score (nSPS) is 18.2.